The topological polar surface area (TPSA) is 82.6 Å². The van der Waals surface area contributed by atoms with Crippen molar-refractivity contribution in [3.05, 3.63) is 82.5 Å². The summed E-state index contributed by atoms with van der Waals surface area (Å²) in [5.41, 5.74) is 0.525. The zero-order valence-corrected chi connectivity index (χ0v) is 19.2. The molecule has 1 aliphatic rings. The van der Waals surface area contributed by atoms with Crippen LogP contribution in [0.1, 0.15) is 10.4 Å². The Hall–Kier alpha value is -2.81. The van der Waals surface area contributed by atoms with Crippen LogP contribution >= 0.6 is 23.2 Å². The van der Waals surface area contributed by atoms with E-state index in [1.165, 1.54) is 24.3 Å². The minimum atomic E-state index is -3.87. The summed E-state index contributed by atoms with van der Waals surface area (Å²) in [6.07, 6.45) is 1.59. The van der Waals surface area contributed by atoms with E-state index in [1.807, 2.05) is 6.07 Å². The Balaban J connectivity index is 1.48. The summed E-state index contributed by atoms with van der Waals surface area (Å²) in [6, 6.07) is 16.1. The van der Waals surface area contributed by atoms with Crippen LogP contribution < -0.4 is 9.62 Å². The third-order valence-electron chi connectivity index (χ3n) is 5.13. The molecule has 2 aromatic carbocycles. The number of nitrogens with zero attached hydrogens (tertiary/aromatic N) is 3. The lowest BCUT2D eigenvalue weighted by molar-refractivity contribution is 0.0747. The highest BCUT2D eigenvalue weighted by Crippen LogP contribution is 2.24. The maximum atomic E-state index is 13.2. The second-order valence-electron chi connectivity index (χ2n) is 7.22. The standard InChI is InChI=1S/C22H20Cl2N4O3S/c23-16-5-8-18(9-6-16)32(30,31)26-20-4-2-1-3-19(20)22(29)28-13-11-27(12-14-28)21-10-7-17(24)15-25-21/h1-10,15,26H,11-14H2. The van der Waals surface area contributed by atoms with Gasteiger partial charge < -0.3 is 9.80 Å². The van der Waals surface area contributed by atoms with E-state index in [-0.39, 0.29) is 16.5 Å². The summed E-state index contributed by atoms with van der Waals surface area (Å²) >= 11 is 11.8. The molecule has 0 bridgehead atoms. The van der Waals surface area contributed by atoms with Gasteiger partial charge in [0.15, 0.2) is 0 Å². The molecule has 0 unspecified atom stereocenters. The third kappa shape index (κ3) is 4.98. The summed E-state index contributed by atoms with van der Waals surface area (Å²) in [7, 11) is -3.87. The summed E-state index contributed by atoms with van der Waals surface area (Å²) in [5.74, 6) is 0.570. The van der Waals surface area contributed by atoms with Crippen molar-refractivity contribution in [3.8, 4) is 0 Å². The van der Waals surface area contributed by atoms with Gasteiger partial charge in [0.05, 0.1) is 21.2 Å². The number of anilines is 2. The van der Waals surface area contributed by atoms with Gasteiger partial charge in [-0.1, -0.05) is 35.3 Å². The molecule has 166 valence electrons. The molecule has 1 aliphatic heterocycles. The third-order valence-corrected chi connectivity index (χ3v) is 6.99. The number of carbonyl (C=O) groups excluding carboxylic acids is 1. The molecule has 0 radical (unpaired) electrons. The number of rotatable bonds is 5. The van der Waals surface area contributed by atoms with Gasteiger partial charge >= 0.3 is 0 Å². The van der Waals surface area contributed by atoms with Crippen LogP contribution in [0.3, 0.4) is 0 Å². The van der Waals surface area contributed by atoms with E-state index in [9.17, 15) is 13.2 Å². The van der Waals surface area contributed by atoms with Gasteiger partial charge in [0.2, 0.25) is 0 Å². The summed E-state index contributed by atoms with van der Waals surface area (Å²) in [6.45, 7) is 2.20. The smallest absolute Gasteiger partial charge is 0.261 e. The van der Waals surface area contributed by atoms with E-state index >= 15 is 0 Å². The molecule has 1 amide bonds. The maximum Gasteiger partial charge on any atom is 0.261 e. The Morgan fingerprint density at radius 1 is 0.875 bits per heavy atom. The lowest BCUT2D eigenvalue weighted by Gasteiger charge is -2.35. The highest BCUT2D eigenvalue weighted by atomic mass is 35.5. The minimum absolute atomic E-state index is 0.0632. The van der Waals surface area contributed by atoms with Gasteiger partial charge in [-0.05, 0) is 48.5 Å². The number of sulfonamides is 1. The zero-order valence-electron chi connectivity index (χ0n) is 16.9. The van der Waals surface area contributed by atoms with E-state index in [0.717, 1.165) is 5.82 Å². The Morgan fingerprint density at radius 3 is 2.19 bits per heavy atom. The molecule has 1 fully saturated rings. The largest absolute Gasteiger partial charge is 0.353 e. The second-order valence-corrected chi connectivity index (χ2v) is 9.77. The molecular weight excluding hydrogens is 471 g/mol. The van der Waals surface area contributed by atoms with Gasteiger partial charge in [0, 0.05) is 37.4 Å². The first-order valence-corrected chi connectivity index (χ1v) is 12.1. The molecular formula is C22H20Cl2N4O3S. The van der Waals surface area contributed by atoms with Crippen molar-refractivity contribution in [2.75, 3.05) is 35.8 Å². The van der Waals surface area contributed by atoms with Crippen LogP contribution in [0, 0.1) is 0 Å². The fourth-order valence-corrected chi connectivity index (χ4v) is 4.76. The number of carbonyl (C=O) groups is 1. The molecule has 4 rings (SSSR count). The van der Waals surface area contributed by atoms with Gasteiger partial charge in [-0.25, -0.2) is 13.4 Å². The first-order valence-electron chi connectivity index (χ1n) is 9.87. The van der Waals surface area contributed by atoms with Gasteiger partial charge in [0.1, 0.15) is 5.82 Å². The van der Waals surface area contributed by atoms with Crippen LogP contribution in [0.2, 0.25) is 10.0 Å². The van der Waals surface area contributed by atoms with Crippen LogP contribution in [0.4, 0.5) is 11.5 Å². The molecule has 10 heteroatoms. The number of halogens is 2. The lowest BCUT2D eigenvalue weighted by Crippen LogP contribution is -2.49. The molecule has 1 N–H and O–H groups in total. The molecule has 1 saturated heterocycles. The number of aromatic nitrogens is 1. The zero-order chi connectivity index (χ0) is 22.7. The number of para-hydroxylation sites is 1. The number of piperazine rings is 1. The van der Waals surface area contributed by atoms with E-state index < -0.39 is 10.0 Å². The summed E-state index contributed by atoms with van der Waals surface area (Å²) in [4.78, 5) is 21.4. The molecule has 0 aliphatic carbocycles. The van der Waals surface area contributed by atoms with Crippen molar-refractivity contribution in [2.45, 2.75) is 4.90 Å². The van der Waals surface area contributed by atoms with E-state index in [0.29, 0.717) is 41.8 Å². The lowest BCUT2D eigenvalue weighted by atomic mass is 10.1. The minimum Gasteiger partial charge on any atom is -0.353 e. The fourth-order valence-electron chi connectivity index (χ4n) is 3.44. The molecule has 0 saturated carbocycles. The van der Waals surface area contributed by atoms with Crippen LogP contribution in [-0.2, 0) is 10.0 Å². The number of pyridine rings is 1. The SMILES string of the molecule is O=C(c1ccccc1NS(=O)(=O)c1ccc(Cl)cc1)N1CCN(c2ccc(Cl)cn2)CC1. The van der Waals surface area contributed by atoms with Crippen molar-refractivity contribution in [2.24, 2.45) is 0 Å². The quantitative estimate of drug-likeness (QED) is 0.580. The van der Waals surface area contributed by atoms with Crippen LogP contribution in [0.15, 0.2) is 71.8 Å². The number of nitrogens with one attached hydrogen (secondary N) is 1. The second kappa shape index (κ2) is 9.36. The van der Waals surface area contributed by atoms with Gasteiger partial charge in [-0.15, -0.1) is 0 Å². The Morgan fingerprint density at radius 2 is 1.53 bits per heavy atom. The highest BCUT2D eigenvalue weighted by molar-refractivity contribution is 7.92. The van der Waals surface area contributed by atoms with Crippen LogP contribution in [-0.4, -0.2) is 50.4 Å². The van der Waals surface area contributed by atoms with Gasteiger partial charge in [-0.2, -0.15) is 0 Å². The average Bonchev–Trinajstić information content (AvgIpc) is 2.80. The van der Waals surface area contributed by atoms with E-state index in [1.54, 1.807) is 41.4 Å². The maximum absolute atomic E-state index is 13.2. The molecule has 7 nitrogen and oxygen atoms in total. The molecule has 3 aromatic rings. The Kier molecular flexibility index (Phi) is 6.55. The van der Waals surface area contributed by atoms with Gasteiger partial charge in [0.25, 0.3) is 15.9 Å². The predicted molar refractivity (Wildman–Crippen MR) is 126 cm³/mol. The van der Waals surface area contributed by atoms with Crippen LogP contribution in [0.25, 0.3) is 0 Å². The van der Waals surface area contributed by atoms with Crippen molar-refractivity contribution in [3.63, 3.8) is 0 Å². The number of benzene rings is 2. The van der Waals surface area contributed by atoms with Crippen LogP contribution in [0.5, 0.6) is 0 Å². The first-order chi connectivity index (χ1) is 15.3. The number of hydrogen-bond donors (Lipinski definition) is 1. The Labute approximate surface area is 196 Å². The van der Waals surface area contributed by atoms with Crippen molar-refractivity contribution >= 4 is 50.6 Å². The monoisotopic (exact) mass is 490 g/mol. The van der Waals surface area contributed by atoms with E-state index in [2.05, 4.69) is 14.6 Å². The number of amides is 1. The normalized spacial score (nSPS) is 14.3. The average molecular weight is 491 g/mol. The number of hydrogen-bond acceptors (Lipinski definition) is 5. The summed E-state index contributed by atoms with van der Waals surface area (Å²) < 4.78 is 28.1. The Bertz CT molecular complexity index is 1210. The van der Waals surface area contributed by atoms with Crippen molar-refractivity contribution in [1.82, 2.24) is 9.88 Å². The molecule has 2 heterocycles. The fraction of sp³-hybridized carbons (Fsp3) is 0.182. The first kappa shape index (κ1) is 22.4. The molecule has 32 heavy (non-hydrogen) atoms. The van der Waals surface area contributed by atoms with E-state index in [4.69, 9.17) is 23.2 Å². The predicted octanol–water partition coefficient (Wildman–Crippen LogP) is 4.15. The van der Waals surface area contributed by atoms with Crippen molar-refractivity contribution < 1.29 is 13.2 Å². The summed E-state index contributed by atoms with van der Waals surface area (Å²) in [5, 5.41) is 1.01. The van der Waals surface area contributed by atoms with Gasteiger partial charge in [-0.3, -0.25) is 9.52 Å². The molecule has 0 atom stereocenters. The highest BCUT2D eigenvalue weighted by Gasteiger charge is 2.26. The molecule has 1 aromatic heterocycles. The molecule has 0 spiro atoms. The van der Waals surface area contributed by atoms with Crippen molar-refractivity contribution in [1.29, 1.82) is 0 Å².